The summed E-state index contributed by atoms with van der Waals surface area (Å²) in [7, 11) is 0. The van der Waals surface area contributed by atoms with E-state index in [1.807, 2.05) is 0 Å². The molecular weight excluding hydrogens is 209 g/mol. The van der Waals surface area contributed by atoms with Crippen molar-refractivity contribution < 1.29 is 9.18 Å². The molecule has 1 aromatic carbocycles. The first-order valence-electron chi connectivity index (χ1n) is 5.04. The number of aryl methyl sites for hydroxylation is 1. The third-order valence-electron chi connectivity index (χ3n) is 2.96. The smallest absolute Gasteiger partial charge is 0.251 e. The van der Waals surface area contributed by atoms with Gasteiger partial charge in [0.25, 0.3) is 5.56 Å². The lowest BCUT2D eigenvalue weighted by atomic mass is 10.00. The Morgan fingerprint density at radius 2 is 1.94 bits per heavy atom. The molecule has 1 aliphatic heterocycles. The predicted molar refractivity (Wildman–Crippen MR) is 57.1 cm³/mol. The molecule has 0 spiro atoms. The number of rotatable bonds is 0. The van der Waals surface area contributed by atoms with E-state index in [0.717, 1.165) is 0 Å². The number of Topliss-reactive ketones (excluding diaryl/α,β-unsaturated/α-hetero) is 1. The molecule has 0 saturated heterocycles. The Morgan fingerprint density at radius 1 is 1.12 bits per heavy atom. The highest BCUT2D eigenvalue weighted by molar-refractivity contribution is 6.08. The van der Waals surface area contributed by atoms with Gasteiger partial charge in [0.1, 0.15) is 5.82 Å². The summed E-state index contributed by atoms with van der Waals surface area (Å²) in [5.74, 6) is -0.433. The van der Waals surface area contributed by atoms with Crippen molar-refractivity contribution in [2.75, 3.05) is 0 Å². The number of ketones is 1. The van der Waals surface area contributed by atoms with Gasteiger partial charge in [0.05, 0.1) is 5.52 Å². The summed E-state index contributed by atoms with van der Waals surface area (Å²) in [5.41, 5.74) is 0.691. The molecule has 0 saturated carbocycles. The lowest BCUT2D eigenvalue weighted by Gasteiger charge is -2.18. The van der Waals surface area contributed by atoms with Crippen LogP contribution in [-0.4, -0.2) is 10.4 Å². The van der Waals surface area contributed by atoms with Crippen molar-refractivity contribution in [1.29, 1.82) is 0 Å². The molecule has 0 N–H and O–H groups in total. The van der Waals surface area contributed by atoms with Crippen molar-refractivity contribution in [1.82, 2.24) is 4.57 Å². The maximum atomic E-state index is 13.5. The molecule has 0 radical (unpaired) electrons. The van der Waals surface area contributed by atoms with Crippen LogP contribution in [0.15, 0.2) is 29.1 Å². The monoisotopic (exact) mass is 217 g/mol. The van der Waals surface area contributed by atoms with Crippen molar-refractivity contribution in [2.45, 2.75) is 13.0 Å². The van der Waals surface area contributed by atoms with Gasteiger partial charge in [0, 0.05) is 30.0 Å². The van der Waals surface area contributed by atoms with Crippen LogP contribution in [-0.2, 0) is 6.54 Å². The minimum atomic E-state index is -0.401. The van der Waals surface area contributed by atoms with Crippen LogP contribution >= 0.6 is 0 Å². The van der Waals surface area contributed by atoms with Gasteiger partial charge >= 0.3 is 0 Å². The highest BCUT2D eigenvalue weighted by atomic mass is 19.1. The maximum absolute atomic E-state index is 13.5. The minimum Gasteiger partial charge on any atom is -0.307 e. The third-order valence-corrected chi connectivity index (χ3v) is 2.96. The van der Waals surface area contributed by atoms with Crippen LogP contribution < -0.4 is 5.56 Å². The zero-order valence-electron chi connectivity index (χ0n) is 8.37. The van der Waals surface area contributed by atoms with E-state index in [1.165, 1.54) is 28.8 Å². The van der Waals surface area contributed by atoms with E-state index in [1.54, 1.807) is 0 Å². The Hall–Kier alpha value is -1.97. The average molecular weight is 217 g/mol. The molecule has 1 aromatic heterocycles. The number of nitrogens with zero attached hydrogens (tertiary/aromatic N) is 1. The third kappa shape index (κ3) is 1.07. The van der Waals surface area contributed by atoms with E-state index >= 15 is 0 Å². The minimum absolute atomic E-state index is 0.0319. The van der Waals surface area contributed by atoms with Crippen molar-refractivity contribution in [3.8, 4) is 0 Å². The maximum Gasteiger partial charge on any atom is 0.251 e. The molecular formula is C12H8FNO2. The molecule has 4 heteroatoms. The molecule has 1 aliphatic rings. The van der Waals surface area contributed by atoms with Crippen LogP contribution in [0.3, 0.4) is 0 Å². The average Bonchev–Trinajstić information content (AvgIpc) is 2.27. The summed E-state index contributed by atoms with van der Waals surface area (Å²) in [5, 5.41) is 0.338. The fraction of sp³-hybridized carbons (Fsp3) is 0.167. The predicted octanol–water partition coefficient (Wildman–Crippen LogP) is 1.73. The van der Waals surface area contributed by atoms with Gasteiger partial charge in [-0.05, 0) is 18.2 Å². The summed E-state index contributed by atoms with van der Waals surface area (Å²) in [4.78, 5) is 23.3. The van der Waals surface area contributed by atoms with Gasteiger partial charge in [0.15, 0.2) is 5.78 Å². The number of pyridine rings is 1. The van der Waals surface area contributed by atoms with E-state index in [0.29, 0.717) is 29.4 Å². The summed E-state index contributed by atoms with van der Waals surface area (Å²) < 4.78 is 15.0. The molecule has 0 bridgehead atoms. The first kappa shape index (κ1) is 9.27. The molecule has 80 valence electrons. The molecule has 16 heavy (non-hydrogen) atoms. The van der Waals surface area contributed by atoms with Crippen LogP contribution in [0, 0.1) is 5.82 Å². The molecule has 0 fully saturated rings. The van der Waals surface area contributed by atoms with Crippen molar-refractivity contribution in [3.63, 3.8) is 0 Å². The quantitative estimate of drug-likeness (QED) is 0.674. The Balaban J connectivity index is 2.60. The van der Waals surface area contributed by atoms with Gasteiger partial charge < -0.3 is 4.57 Å². The highest BCUT2D eigenvalue weighted by Crippen LogP contribution is 2.25. The number of halogens is 1. The number of carbonyl (C=O) groups is 1. The molecule has 2 aromatic rings. The van der Waals surface area contributed by atoms with E-state index < -0.39 is 5.82 Å². The lowest BCUT2D eigenvalue weighted by Crippen LogP contribution is -2.26. The molecule has 0 aliphatic carbocycles. The van der Waals surface area contributed by atoms with Crippen molar-refractivity contribution >= 4 is 16.7 Å². The van der Waals surface area contributed by atoms with Crippen LogP contribution in [0.4, 0.5) is 4.39 Å². The van der Waals surface area contributed by atoms with Gasteiger partial charge in [-0.15, -0.1) is 0 Å². The summed E-state index contributed by atoms with van der Waals surface area (Å²) in [6, 6.07) is 5.50. The molecule has 3 nitrogen and oxygen atoms in total. The number of hydrogen-bond acceptors (Lipinski definition) is 2. The first-order chi connectivity index (χ1) is 7.68. The number of carbonyl (C=O) groups excluding carboxylic acids is 1. The zero-order valence-corrected chi connectivity index (χ0v) is 8.37. The zero-order chi connectivity index (χ0) is 11.3. The van der Waals surface area contributed by atoms with Crippen molar-refractivity contribution in [3.05, 3.63) is 46.0 Å². The van der Waals surface area contributed by atoms with E-state index in [-0.39, 0.29) is 11.3 Å². The normalized spacial score (nSPS) is 14.4. The summed E-state index contributed by atoms with van der Waals surface area (Å²) in [6.07, 6.45) is 0.303. The number of hydrogen-bond donors (Lipinski definition) is 0. The molecule has 0 amide bonds. The second kappa shape index (κ2) is 3.01. The van der Waals surface area contributed by atoms with E-state index in [4.69, 9.17) is 0 Å². The van der Waals surface area contributed by atoms with Crippen LogP contribution in [0.5, 0.6) is 0 Å². The topological polar surface area (TPSA) is 39.1 Å². The fourth-order valence-corrected chi connectivity index (χ4v) is 2.18. The van der Waals surface area contributed by atoms with Crippen molar-refractivity contribution in [2.24, 2.45) is 0 Å². The first-order valence-corrected chi connectivity index (χ1v) is 5.04. The highest BCUT2D eigenvalue weighted by Gasteiger charge is 2.20. The fourth-order valence-electron chi connectivity index (χ4n) is 2.18. The van der Waals surface area contributed by atoms with Crippen LogP contribution in [0.1, 0.15) is 16.8 Å². The second-order valence-corrected chi connectivity index (χ2v) is 3.85. The Kier molecular flexibility index (Phi) is 1.74. The van der Waals surface area contributed by atoms with E-state index in [2.05, 4.69) is 0 Å². The summed E-state index contributed by atoms with van der Waals surface area (Å²) in [6.45, 7) is 0.339. The van der Waals surface area contributed by atoms with Gasteiger partial charge in [-0.2, -0.15) is 0 Å². The standard InChI is InChI=1S/C12H8FNO2/c13-9-3-1-8-10(15)5-6-14-11(16)4-2-7(9)12(8)14/h1-4H,5-6H2. The summed E-state index contributed by atoms with van der Waals surface area (Å²) >= 11 is 0. The molecule has 0 atom stereocenters. The molecule has 2 heterocycles. The van der Waals surface area contributed by atoms with Gasteiger partial charge in [-0.3, -0.25) is 9.59 Å². The van der Waals surface area contributed by atoms with Gasteiger partial charge in [0.2, 0.25) is 0 Å². The molecule has 3 rings (SSSR count). The van der Waals surface area contributed by atoms with Gasteiger partial charge in [-0.25, -0.2) is 4.39 Å². The Morgan fingerprint density at radius 3 is 2.75 bits per heavy atom. The SMILES string of the molecule is O=C1CCn2c(=O)ccc3c(F)ccc1c32. The van der Waals surface area contributed by atoms with Crippen LogP contribution in [0.25, 0.3) is 10.9 Å². The van der Waals surface area contributed by atoms with Gasteiger partial charge in [-0.1, -0.05) is 0 Å². The van der Waals surface area contributed by atoms with E-state index in [9.17, 15) is 14.0 Å². The molecule has 0 unspecified atom stereocenters. The second-order valence-electron chi connectivity index (χ2n) is 3.85. The number of aromatic nitrogens is 1. The number of benzene rings is 1. The lowest BCUT2D eigenvalue weighted by molar-refractivity contribution is 0.0972. The van der Waals surface area contributed by atoms with Crippen LogP contribution in [0.2, 0.25) is 0 Å². The Labute approximate surface area is 90.1 Å². The largest absolute Gasteiger partial charge is 0.307 e. The Bertz CT molecular complexity index is 673.